The maximum absolute atomic E-state index is 13.6. The summed E-state index contributed by atoms with van der Waals surface area (Å²) in [5.41, 5.74) is 0.775. The lowest BCUT2D eigenvalue weighted by molar-refractivity contribution is 0.126. The molecular formula is C14H20FNO2. The Morgan fingerprint density at radius 2 is 2.06 bits per heavy atom. The first-order valence-electron chi connectivity index (χ1n) is 6.56. The van der Waals surface area contributed by atoms with Crippen molar-refractivity contribution in [3.63, 3.8) is 0 Å². The molecule has 4 heteroatoms. The first-order chi connectivity index (χ1) is 8.69. The number of hydrogen-bond acceptors (Lipinski definition) is 3. The Morgan fingerprint density at radius 1 is 1.33 bits per heavy atom. The molecule has 1 aliphatic carbocycles. The van der Waals surface area contributed by atoms with Gasteiger partial charge in [-0.25, -0.2) is 4.39 Å². The van der Waals surface area contributed by atoms with Gasteiger partial charge in [-0.05, 0) is 44.7 Å². The minimum absolute atomic E-state index is 0.167. The topological polar surface area (TPSA) is 41.5 Å². The zero-order chi connectivity index (χ0) is 13.0. The van der Waals surface area contributed by atoms with Crippen LogP contribution in [0.4, 0.5) is 10.1 Å². The predicted molar refractivity (Wildman–Crippen MR) is 69.5 cm³/mol. The molecule has 0 saturated heterocycles. The van der Waals surface area contributed by atoms with Crippen LogP contribution >= 0.6 is 0 Å². The third kappa shape index (κ3) is 3.35. The Bertz CT molecular complexity index is 389. The molecule has 3 nitrogen and oxygen atoms in total. The molecule has 0 amide bonds. The SMILES string of the molecule is CCOc1ccc(NC2CCC(O)CC2)cc1F. The van der Waals surface area contributed by atoms with E-state index in [1.165, 1.54) is 6.07 Å². The van der Waals surface area contributed by atoms with E-state index in [0.717, 1.165) is 31.4 Å². The largest absolute Gasteiger partial charge is 0.491 e. The van der Waals surface area contributed by atoms with Crippen LogP contribution in [0.2, 0.25) is 0 Å². The summed E-state index contributed by atoms with van der Waals surface area (Å²) in [5, 5.41) is 12.7. The summed E-state index contributed by atoms with van der Waals surface area (Å²) in [4.78, 5) is 0. The molecule has 0 atom stereocenters. The van der Waals surface area contributed by atoms with Crippen LogP contribution in [0, 0.1) is 5.82 Å². The number of rotatable bonds is 4. The maximum Gasteiger partial charge on any atom is 0.167 e. The molecule has 0 unspecified atom stereocenters. The first-order valence-corrected chi connectivity index (χ1v) is 6.56. The van der Waals surface area contributed by atoms with Crippen LogP contribution in [0.5, 0.6) is 5.75 Å². The van der Waals surface area contributed by atoms with Gasteiger partial charge < -0.3 is 15.2 Å². The summed E-state index contributed by atoms with van der Waals surface area (Å²) in [6, 6.07) is 5.28. The molecule has 0 aromatic heterocycles. The highest BCUT2D eigenvalue weighted by atomic mass is 19.1. The average Bonchev–Trinajstić information content (AvgIpc) is 2.36. The fourth-order valence-electron chi connectivity index (χ4n) is 2.32. The molecule has 2 N–H and O–H groups in total. The van der Waals surface area contributed by atoms with Gasteiger partial charge in [-0.1, -0.05) is 0 Å². The second-order valence-corrected chi connectivity index (χ2v) is 4.73. The van der Waals surface area contributed by atoms with Gasteiger partial charge in [-0.3, -0.25) is 0 Å². The molecule has 0 heterocycles. The van der Waals surface area contributed by atoms with E-state index in [2.05, 4.69) is 5.32 Å². The van der Waals surface area contributed by atoms with E-state index >= 15 is 0 Å². The van der Waals surface area contributed by atoms with Gasteiger partial charge in [0.05, 0.1) is 12.7 Å². The lowest BCUT2D eigenvalue weighted by Crippen LogP contribution is -2.28. The summed E-state index contributed by atoms with van der Waals surface area (Å²) >= 11 is 0. The second kappa shape index (κ2) is 6.05. The van der Waals surface area contributed by atoms with Gasteiger partial charge in [-0.2, -0.15) is 0 Å². The van der Waals surface area contributed by atoms with Crippen molar-refractivity contribution in [1.82, 2.24) is 0 Å². The third-order valence-corrected chi connectivity index (χ3v) is 3.30. The molecule has 1 aromatic carbocycles. The van der Waals surface area contributed by atoms with Crippen molar-refractivity contribution in [3.05, 3.63) is 24.0 Å². The van der Waals surface area contributed by atoms with Gasteiger partial charge >= 0.3 is 0 Å². The quantitative estimate of drug-likeness (QED) is 0.867. The van der Waals surface area contributed by atoms with Gasteiger partial charge in [0.1, 0.15) is 0 Å². The van der Waals surface area contributed by atoms with Crippen molar-refractivity contribution in [2.45, 2.75) is 44.8 Å². The van der Waals surface area contributed by atoms with Crippen LogP contribution in [0.1, 0.15) is 32.6 Å². The van der Waals surface area contributed by atoms with Crippen molar-refractivity contribution in [2.75, 3.05) is 11.9 Å². The summed E-state index contributed by atoms with van der Waals surface area (Å²) < 4.78 is 18.8. The van der Waals surface area contributed by atoms with Crippen LogP contribution in [-0.2, 0) is 0 Å². The van der Waals surface area contributed by atoms with E-state index in [-0.39, 0.29) is 11.9 Å². The van der Waals surface area contributed by atoms with Crippen molar-refractivity contribution >= 4 is 5.69 Å². The molecule has 100 valence electrons. The van der Waals surface area contributed by atoms with Gasteiger partial charge in [0.25, 0.3) is 0 Å². The molecular weight excluding hydrogens is 233 g/mol. The molecule has 0 aliphatic heterocycles. The van der Waals surface area contributed by atoms with Crippen LogP contribution in [0.15, 0.2) is 18.2 Å². The Morgan fingerprint density at radius 3 is 2.67 bits per heavy atom. The number of anilines is 1. The van der Waals surface area contributed by atoms with Crippen molar-refractivity contribution < 1.29 is 14.2 Å². The van der Waals surface area contributed by atoms with Crippen LogP contribution in [0.3, 0.4) is 0 Å². The Balaban J connectivity index is 1.95. The lowest BCUT2D eigenvalue weighted by Gasteiger charge is -2.27. The monoisotopic (exact) mass is 253 g/mol. The first kappa shape index (κ1) is 13.1. The number of benzene rings is 1. The summed E-state index contributed by atoms with van der Waals surface area (Å²) in [6.45, 7) is 2.29. The molecule has 0 radical (unpaired) electrons. The van der Waals surface area contributed by atoms with E-state index in [9.17, 15) is 9.50 Å². The fraction of sp³-hybridized carbons (Fsp3) is 0.571. The molecule has 1 aliphatic rings. The highest BCUT2D eigenvalue weighted by Crippen LogP contribution is 2.25. The van der Waals surface area contributed by atoms with Crippen molar-refractivity contribution in [1.29, 1.82) is 0 Å². The summed E-state index contributed by atoms with van der Waals surface area (Å²) in [7, 11) is 0. The Kier molecular flexibility index (Phi) is 4.42. The smallest absolute Gasteiger partial charge is 0.167 e. The van der Waals surface area contributed by atoms with Gasteiger partial charge in [0, 0.05) is 17.8 Å². The Labute approximate surface area is 107 Å². The molecule has 0 bridgehead atoms. The van der Waals surface area contributed by atoms with E-state index < -0.39 is 0 Å². The predicted octanol–water partition coefficient (Wildman–Crippen LogP) is 2.94. The molecule has 1 fully saturated rings. The number of ether oxygens (including phenoxy) is 1. The van der Waals surface area contributed by atoms with E-state index in [0.29, 0.717) is 18.4 Å². The molecule has 2 rings (SSSR count). The van der Waals surface area contributed by atoms with Crippen LogP contribution < -0.4 is 10.1 Å². The number of aliphatic hydroxyl groups excluding tert-OH is 1. The summed E-state index contributed by atoms with van der Waals surface area (Å²) in [6.07, 6.45) is 3.32. The molecule has 1 aromatic rings. The second-order valence-electron chi connectivity index (χ2n) is 4.73. The van der Waals surface area contributed by atoms with Gasteiger partial charge in [-0.15, -0.1) is 0 Å². The van der Waals surface area contributed by atoms with Gasteiger partial charge in [0.15, 0.2) is 11.6 Å². The molecule has 1 saturated carbocycles. The van der Waals surface area contributed by atoms with Gasteiger partial charge in [0.2, 0.25) is 0 Å². The number of hydrogen-bond donors (Lipinski definition) is 2. The average molecular weight is 253 g/mol. The van der Waals surface area contributed by atoms with E-state index in [1.807, 2.05) is 13.0 Å². The van der Waals surface area contributed by atoms with Crippen molar-refractivity contribution in [2.24, 2.45) is 0 Å². The van der Waals surface area contributed by atoms with Crippen LogP contribution in [0.25, 0.3) is 0 Å². The third-order valence-electron chi connectivity index (χ3n) is 3.30. The highest BCUT2D eigenvalue weighted by Gasteiger charge is 2.19. The number of nitrogens with one attached hydrogen (secondary N) is 1. The van der Waals surface area contributed by atoms with E-state index in [4.69, 9.17) is 4.74 Å². The fourth-order valence-corrected chi connectivity index (χ4v) is 2.32. The maximum atomic E-state index is 13.6. The van der Waals surface area contributed by atoms with Crippen molar-refractivity contribution in [3.8, 4) is 5.75 Å². The van der Waals surface area contributed by atoms with Crippen LogP contribution in [-0.4, -0.2) is 23.9 Å². The molecule has 18 heavy (non-hydrogen) atoms. The Hall–Kier alpha value is -1.29. The minimum atomic E-state index is -0.335. The normalized spacial score (nSPS) is 23.7. The lowest BCUT2D eigenvalue weighted by atomic mass is 9.93. The number of halogens is 1. The summed E-state index contributed by atoms with van der Waals surface area (Å²) in [5.74, 6) is -0.0418. The highest BCUT2D eigenvalue weighted by molar-refractivity contribution is 5.48. The number of aliphatic hydroxyl groups is 1. The zero-order valence-corrected chi connectivity index (χ0v) is 10.7. The molecule has 0 spiro atoms. The van der Waals surface area contributed by atoms with E-state index in [1.54, 1.807) is 6.07 Å². The minimum Gasteiger partial charge on any atom is -0.491 e. The zero-order valence-electron chi connectivity index (χ0n) is 10.7. The standard InChI is InChI=1S/C14H20FNO2/c1-2-18-14-8-5-11(9-13(14)15)16-10-3-6-12(17)7-4-10/h5,8-10,12,16-17H,2-4,6-7H2,1H3.